The molecule has 0 unspecified atom stereocenters. The molecule has 0 bridgehead atoms. The molecule has 0 aromatic rings. The molecular weight excluding hydrogens is 265 g/mol. The first-order valence-electron chi connectivity index (χ1n) is 4.56. The number of hydrogen-bond acceptors (Lipinski definition) is 1. The van der Waals surface area contributed by atoms with Crippen LogP contribution >= 0.6 is 22.6 Å². The second kappa shape index (κ2) is 7.83. The summed E-state index contributed by atoms with van der Waals surface area (Å²) in [5.74, 6) is 0.809. The number of amides is 1. The third-order valence-electron chi connectivity index (χ3n) is 1.72. The van der Waals surface area contributed by atoms with Crippen LogP contribution in [0.2, 0.25) is 0 Å². The van der Waals surface area contributed by atoms with Crippen LogP contribution < -0.4 is 5.32 Å². The summed E-state index contributed by atoms with van der Waals surface area (Å²) < 4.78 is 0.0523. The summed E-state index contributed by atoms with van der Waals surface area (Å²) >= 11 is 1.76. The van der Waals surface area contributed by atoms with Gasteiger partial charge in [0.2, 0.25) is 0 Å². The van der Waals surface area contributed by atoms with E-state index in [1.807, 2.05) is 0 Å². The minimum absolute atomic E-state index is 0.0523. The normalized spacial score (nSPS) is 10.3. The number of halogens is 1. The van der Waals surface area contributed by atoms with Crippen molar-refractivity contribution in [3.8, 4) is 0 Å². The summed E-state index contributed by atoms with van der Waals surface area (Å²) in [7, 11) is 0. The van der Waals surface area contributed by atoms with Crippen LogP contribution in [0.5, 0.6) is 0 Å². The molecule has 3 heteroatoms. The molecule has 0 heterocycles. The molecule has 1 N–H and O–H groups in total. The molecule has 0 fully saturated rings. The Labute approximate surface area is 88.6 Å². The molecule has 0 saturated carbocycles. The zero-order valence-corrected chi connectivity index (χ0v) is 10.1. The summed E-state index contributed by atoms with van der Waals surface area (Å²) in [6.07, 6.45) is 4.93. The first-order chi connectivity index (χ1) is 5.63. The Morgan fingerprint density at radius 3 is 2.50 bits per heavy atom. The van der Waals surface area contributed by atoms with Crippen LogP contribution in [0.1, 0.15) is 39.5 Å². The maximum atomic E-state index is 10.5. The van der Waals surface area contributed by atoms with Crippen LogP contribution in [0.15, 0.2) is 0 Å². The first-order valence-corrected chi connectivity index (χ1v) is 5.64. The summed E-state index contributed by atoms with van der Waals surface area (Å²) in [4.78, 5) is 10.5. The third kappa shape index (κ3) is 10.2. The smallest absolute Gasteiger partial charge is 0.280 e. The van der Waals surface area contributed by atoms with Gasteiger partial charge < -0.3 is 5.32 Å². The van der Waals surface area contributed by atoms with Crippen molar-refractivity contribution in [1.82, 2.24) is 5.32 Å². The number of carbonyl (C=O) groups excluding carboxylic acids is 1. The molecular formula is C9H18INO. The molecule has 0 saturated heterocycles. The molecule has 0 aliphatic heterocycles. The molecule has 0 aliphatic rings. The van der Waals surface area contributed by atoms with E-state index in [2.05, 4.69) is 19.2 Å². The summed E-state index contributed by atoms with van der Waals surface area (Å²) in [5, 5.41) is 2.78. The van der Waals surface area contributed by atoms with Crippen LogP contribution in [0.3, 0.4) is 0 Å². The molecule has 1 amide bonds. The van der Waals surface area contributed by atoms with E-state index in [1.54, 1.807) is 22.6 Å². The molecule has 2 nitrogen and oxygen atoms in total. The van der Waals surface area contributed by atoms with Gasteiger partial charge >= 0.3 is 0 Å². The topological polar surface area (TPSA) is 29.1 Å². The largest absolute Gasteiger partial charge is 0.348 e. The van der Waals surface area contributed by atoms with Gasteiger partial charge in [-0.3, -0.25) is 4.79 Å². The van der Waals surface area contributed by atoms with Crippen molar-refractivity contribution >= 4 is 26.5 Å². The lowest BCUT2D eigenvalue weighted by atomic mass is 10.1. The predicted octanol–water partition coefficient (Wildman–Crippen LogP) is 3.35. The average molecular weight is 283 g/mol. The standard InChI is InChI=1S/C9H18INO/c1-8(2)6-4-3-5-7-11-9(10)12/h8H,3-7H2,1-2H3,(H,11,12). The SMILES string of the molecule is CC(C)CCCCCNC(=O)I. The molecule has 0 spiro atoms. The number of nitrogens with one attached hydrogen (secondary N) is 1. The van der Waals surface area contributed by atoms with Gasteiger partial charge in [-0.05, 0) is 12.3 Å². The van der Waals surface area contributed by atoms with Gasteiger partial charge in [-0.25, -0.2) is 0 Å². The van der Waals surface area contributed by atoms with Gasteiger partial charge in [0, 0.05) is 29.1 Å². The van der Waals surface area contributed by atoms with Crippen LogP contribution in [-0.4, -0.2) is 10.5 Å². The highest BCUT2D eigenvalue weighted by Gasteiger charge is 1.95. The number of unbranched alkanes of at least 4 members (excludes halogenated alkanes) is 2. The molecule has 0 rings (SSSR count). The van der Waals surface area contributed by atoms with Crippen LogP contribution in [0.25, 0.3) is 0 Å². The van der Waals surface area contributed by atoms with Gasteiger partial charge in [0.05, 0.1) is 0 Å². The number of hydrogen-bond donors (Lipinski definition) is 1. The Morgan fingerprint density at radius 2 is 2.00 bits per heavy atom. The Balaban J connectivity index is 2.96. The highest BCUT2D eigenvalue weighted by Crippen LogP contribution is 2.07. The predicted molar refractivity (Wildman–Crippen MR) is 60.7 cm³/mol. The minimum Gasteiger partial charge on any atom is -0.348 e. The number of carbonyl (C=O) groups is 1. The van der Waals surface area contributed by atoms with Crippen LogP contribution in [-0.2, 0) is 0 Å². The lowest BCUT2D eigenvalue weighted by Crippen LogP contribution is -2.16. The summed E-state index contributed by atoms with van der Waals surface area (Å²) in [6, 6.07) is 0. The Hall–Kier alpha value is 0.200. The van der Waals surface area contributed by atoms with Crippen LogP contribution in [0.4, 0.5) is 4.79 Å². The van der Waals surface area contributed by atoms with Crippen molar-refractivity contribution in [2.24, 2.45) is 5.92 Å². The summed E-state index contributed by atoms with van der Waals surface area (Å²) in [6.45, 7) is 5.32. The van der Waals surface area contributed by atoms with Crippen molar-refractivity contribution in [3.63, 3.8) is 0 Å². The molecule has 72 valence electrons. The van der Waals surface area contributed by atoms with E-state index in [1.165, 1.54) is 19.3 Å². The molecule has 0 aromatic carbocycles. The minimum atomic E-state index is 0.0523. The van der Waals surface area contributed by atoms with Crippen molar-refractivity contribution < 1.29 is 4.79 Å². The Morgan fingerprint density at radius 1 is 1.33 bits per heavy atom. The van der Waals surface area contributed by atoms with Crippen molar-refractivity contribution in [1.29, 1.82) is 0 Å². The maximum Gasteiger partial charge on any atom is 0.280 e. The van der Waals surface area contributed by atoms with Gasteiger partial charge in [0.25, 0.3) is 3.91 Å². The van der Waals surface area contributed by atoms with E-state index in [9.17, 15) is 4.79 Å². The van der Waals surface area contributed by atoms with Gasteiger partial charge in [0.1, 0.15) is 0 Å². The van der Waals surface area contributed by atoms with Gasteiger partial charge in [-0.1, -0.05) is 33.1 Å². The van der Waals surface area contributed by atoms with Crippen LogP contribution in [0, 0.1) is 5.92 Å². The van der Waals surface area contributed by atoms with Crippen molar-refractivity contribution in [2.45, 2.75) is 39.5 Å². The van der Waals surface area contributed by atoms with Crippen molar-refractivity contribution in [2.75, 3.05) is 6.54 Å². The van der Waals surface area contributed by atoms with E-state index in [4.69, 9.17) is 0 Å². The maximum absolute atomic E-state index is 10.5. The first kappa shape index (κ1) is 12.2. The average Bonchev–Trinajstić information content (AvgIpc) is 1.95. The quantitative estimate of drug-likeness (QED) is 0.344. The lowest BCUT2D eigenvalue weighted by molar-refractivity contribution is 0.262. The van der Waals surface area contributed by atoms with E-state index < -0.39 is 0 Å². The highest BCUT2D eigenvalue weighted by molar-refractivity contribution is 14.1. The van der Waals surface area contributed by atoms with Gasteiger partial charge in [0.15, 0.2) is 0 Å². The molecule has 0 radical (unpaired) electrons. The molecule has 0 aromatic heterocycles. The molecule has 0 aliphatic carbocycles. The Bertz CT molecular complexity index is 126. The van der Waals surface area contributed by atoms with E-state index in [-0.39, 0.29) is 3.91 Å². The third-order valence-corrected chi connectivity index (χ3v) is 2.10. The Kier molecular flexibility index (Phi) is 7.96. The second-order valence-corrected chi connectivity index (χ2v) is 4.42. The van der Waals surface area contributed by atoms with Crippen molar-refractivity contribution in [3.05, 3.63) is 0 Å². The number of rotatable bonds is 6. The van der Waals surface area contributed by atoms with E-state index in [0.29, 0.717) is 0 Å². The zero-order valence-electron chi connectivity index (χ0n) is 7.90. The molecule has 0 atom stereocenters. The van der Waals surface area contributed by atoms with Gasteiger partial charge in [-0.2, -0.15) is 0 Å². The lowest BCUT2D eigenvalue weighted by Gasteiger charge is -2.03. The van der Waals surface area contributed by atoms with E-state index >= 15 is 0 Å². The fraction of sp³-hybridized carbons (Fsp3) is 0.889. The fourth-order valence-corrected chi connectivity index (χ4v) is 1.31. The summed E-state index contributed by atoms with van der Waals surface area (Å²) in [5.41, 5.74) is 0. The fourth-order valence-electron chi connectivity index (χ4n) is 1.04. The van der Waals surface area contributed by atoms with Gasteiger partial charge in [-0.15, -0.1) is 0 Å². The zero-order chi connectivity index (χ0) is 9.40. The monoisotopic (exact) mass is 283 g/mol. The van der Waals surface area contributed by atoms with E-state index in [0.717, 1.165) is 18.9 Å². The second-order valence-electron chi connectivity index (χ2n) is 3.44. The highest BCUT2D eigenvalue weighted by atomic mass is 127. The molecule has 12 heavy (non-hydrogen) atoms.